The molecule has 5 nitrogen and oxygen atoms in total. The summed E-state index contributed by atoms with van der Waals surface area (Å²) in [6.45, 7) is 9.81. The van der Waals surface area contributed by atoms with Crippen molar-refractivity contribution in [1.29, 1.82) is 0 Å². The van der Waals surface area contributed by atoms with Gasteiger partial charge in [-0.25, -0.2) is 0 Å². The van der Waals surface area contributed by atoms with E-state index in [0.717, 1.165) is 6.42 Å². The highest BCUT2D eigenvalue weighted by Crippen LogP contribution is 2.26. The lowest BCUT2D eigenvalue weighted by Gasteiger charge is -2.33. The second-order valence-electron chi connectivity index (χ2n) is 7.86. The number of ether oxygens (including phenoxy) is 1. The van der Waals surface area contributed by atoms with Gasteiger partial charge in [0.05, 0.1) is 15.6 Å². The van der Waals surface area contributed by atoms with E-state index >= 15 is 0 Å². The molecule has 7 heteroatoms. The van der Waals surface area contributed by atoms with E-state index < -0.39 is 11.5 Å². The Kier molecular flexibility index (Phi) is 7.62. The monoisotopic (exact) mass is 387 g/mol. The normalized spacial score (nSPS) is 11.9. The van der Waals surface area contributed by atoms with Crippen LogP contribution in [0.3, 0.4) is 0 Å². The molecule has 1 aromatic rings. The Labute approximate surface area is 158 Å². The molecule has 0 atom stereocenters. The molecule has 1 aromatic heterocycles. The van der Waals surface area contributed by atoms with Gasteiger partial charge in [0.2, 0.25) is 0 Å². The third-order valence-corrected chi connectivity index (χ3v) is 4.49. The Balaban J connectivity index is 2.33. The van der Waals surface area contributed by atoms with E-state index in [1.807, 2.05) is 13.8 Å². The minimum absolute atomic E-state index is 0.0345. The van der Waals surface area contributed by atoms with Gasteiger partial charge in [-0.05, 0) is 37.8 Å². The molecule has 0 spiro atoms. The van der Waals surface area contributed by atoms with Gasteiger partial charge in [-0.15, -0.1) is 11.3 Å². The van der Waals surface area contributed by atoms with Gasteiger partial charge in [0.15, 0.2) is 12.4 Å². The van der Waals surface area contributed by atoms with Gasteiger partial charge in [0.25, 0.3) is 5.91 Å². The van der Waals surface area contributed by atoms with Crippen molar-refractivity contribution >= 4 is 40.6 Å². The molecule has 0 saturated carbocycles. The highest BCUT2D eigenvalue weighted by Gasteiger charge is 2.27. The van der Waals surface area contributed by atoms with Gasteiger partial charge in [-0.3, -0.25) is 14.4 Å². The van der Waals surface area contributed by atoms with Crippen molar-refractivity contribution in [3.63, 3.8) is 0 Å². The van der Waals surface area contributed by atoms with Gasteiger partial charge in [0.1, 0.15) is 0 Å². The molecule has 0 bridgehead atoms. The lowest BCUT2D eigenvalue weighted by Crippen LogP contribution is -2.47. The number of hydrogen-bond acceptors (Lipinski definition) is 5. The highest BCUT2D eigenvalue weighted by molar-refractivity contribution is 7.18. The molecule has 0 aromatic carbocycles. The number of ketones is 1. The number of halogens is 1. The first-order chi connectivity index (χ1) is 11.4. The van der Waals surface area contributed by atoms with Crippen molar-refractivity contribution < 1.29 is 19.1 Å². The standard InChI is InChI=1S/C18H26ClNO4S/c1-17(2,3)11-18(4,5)20-15(22)10-24-16(23)9-6-12(21)13-7-8-14(19)25-13/h7-8H,6,9-11H2,1-5H3,(H,20,22). The van der Waals surface area contributed by atoms with Crippen LogP contribution in [0.15, 0.2) is 12.1 Å². The van der Waals surface area contributed by atoms with Gasteiger partial charge in [0, 0.05) is 12.0 Å². The zero-order valence-electron chi connectivity index (χ0n) is 15.4. The summed E-state index contributed by atoms with van der Waals surface area (Å²) in [7, 11) is 0. The number of rotatable bonds is 8. The minimum Gasteiger partial charge on any atom is -0.456 e. The van der Waals surface area contributed by atoms with Crippen LogP contribution in [0.25, 0.3) is 0 Å². The van der Waals surface area contributed by atoms with Crippen LogP contribution in [0.2, 0.25) is 4.34 Å². The zero-order chi connectivity index (χ0) is 19.3. The molecule has 140 valence electrons. The number of thiophene rings is 1. The number of nitrogens with one attached hydrogen (secondary N) is 1. The van der Waals surface area contributed by atoms with Gasteiger partial charge >= 0.3 is 5.97 Å². The molecular formula is C18H26ClNO4S. The molecule has 1 N–H and O–H groups in total. The Morgan fingerprint density at radius 3 is 2.28 bits per heavy atom. The predicted octanol–water partition coefficient (Wildman–Crippen LogP) is 4.24. The minimum atomic E-state index is -0.570. The molecule has 0 aliphatic carbocycles. The quantitative estimate of drug-likeness (QED) is 0.535. The summed E-state index contributed by atoms with van der Waals surface area (Å²) in [5.74, 6) is -1.08. The van der Waals surface area contributed by atoms with Gasteiger partial charge in [-0.2, -0.15) is 0 Å². The number of hydrogen-bond donors (Lipinski definition) is 1. The summed E-state index contributed by atoms with van der Waals surface area (Å²) >= 11 is 6.95. The smallest absolute Gasteiger partial charge is 0.306 e. The second-order valence-corrected chi connectivity index (χ2v) is 9.57. The summed E-state index contributed by atoms with van der Waals surface area (Å²) in [6, 6.07) is 3.27. The summed E-state index contributed by atoms with van der Waals surface area (Å²) < 4.78 is 5.47. The Hall–Kier alpha value is -1.40. The van der Waals surface area contributed by atoms with Crippen LogP contribution in [0, 0.1) is 5.41 Å². The van der Waals surface area contributed by atoms with E-state index in [-0.39, 0.29) is 36.6 Å². The summed E-state index contributed by atoms with van der Waals surface area (Å²) in [5.41, 5.74) is -0.325. The maximum Gasteiger partial charge on any atom is 0.306 e. The lowest BCUT2D eigenvalue weighted by atomic mass is 9.82. The average Bonchev–Trinajstić information content (AvgIpc) is 2.86. The molecule has 25 heavy (non-hydrogen) atoms. The van der Waals surface area contributed by atoms with Crippen molar-refractivity contribution in [1.82, 2.24) is 5.32 Å². The Morgan fingerprint density at radius 2 is 1.76 bits per heavy atom. The van der Waals surface area contributed by atoms with Crippen LogP contribution in [0.1, 0.15) is 63.6 Å². The molecule has 0 aliphatic rings. The molecule has 0 unspecified atom stereocenters. The molecule has 1 rings (SSSR count). The average molecular weight is 388 g/mol. The fraction of sp³-hybridized carbons (Fsp3) is 0.611. The first kappa shape index (κ1) is 21.6. The number of carbonyl (C=O) groups is 3. The molecule has 0 aliphatic heterocycles. The van der Waals surface area contributed by atoms with Crippen LogP contribution in [-0.4, -0.2) is 29.8 Å². The Morgan fingerprint density at radius 1 is 1.12 bits per heavy atom. The second kappa shape index (κ2) is 8.81. The first-order valence-corrected chi connectivity index (χ1v) is 9.33. The first-order valence-electron chi connectivity index (χ1n) is 8.13. The van der Waals surface area contributed by atoms with Crippen molar-refractivity contribution in [2.75, 3.05) is 6.61 Å². The Bertz CT molecular complexity index is 631. The van der Waals surface area contributed by atoms with Crippen molar-refractivity contribution in [2.45, 2.75) is 59.4 Å². The third kappa shape index (κ3) is 9.02. The topological polar surface area (TPSA) is 72.5 Å². The zero-order valence-corrected chi connectivity index (χ0v) is 17.0. The van der Waals surface area contributed by atoms with Crippen molar-refractivity contribution in [3.8, 4) is 0 Å². The van der Waals surface area contributed by atoms with E-state index in [1.54, 1.807) is 12.1 Å². The SMILES string of the molecule is CC(C)(C)CC(C)(C)NC(=O)COC(=O)CCC(=O)c1ccc(Cl)s1. The lowest BCUT2D eigenvalue weighted by molar-refractivity contribution is -0.149. The summed E-state index contributed by atoms with van der Waals surface area (Å²) in [6.07, 6.45) is 0.761. The van der Waals surface area contributed by atoms with E-state index in [2.05, 4.69) is 26.1 Å². The molecule has 0 radical (unpaired) electrons. The number of Topliss-reactive ketones (excluding diaryl/α,β-unsaturated/α-hetero) is 1. The number of amides is 1. The molecule has 1 heterocycles. The maximum absolute atomic E-state index is 11.9. The molecule has 0 fully saturated rings. The maximum atomic E-state index is 11.9. The van der Waals surface area contributed by atoms with E-state index in [9.17, 15) is 14.4 Å². The number of esters is 1. The number of carbonyl (C=O) groups excluding carboxylic acids is 3. The largest absolute Gasteiger partial charge is 0.456 e. The fourth-order valence-corrected chi connectivity index (χ4v) is 3.82. The summed E-state index contributed by atoms with van der Waals surface area (Å²) in [4.78, 5) is 36.0. The summed E-state index contributed by atoms with van der Waals surface area (Å²) in [5, 5.41) is 2.87. The predicted molar refractivity (Wildman–Crippen MR) is 100 cm³/mol. The van der Waals surface area contributed by atoms with Crippen LogP contribution in [0.4, 0.5) is 0 Å². The molecular weight excluding hydrogens is 362 g/mol. The van der Waals surface area contributed by atoms with E-state index in [4.69, 9.17) is 16.3 Å². The highest BCUT2D eigenvalue weighted by atomic mass is 35.5. The van der Waals surface area contributed by atoms with Crippen molar-refractivity contribution in [2.24, 2.45) is 5.41 Å². The van der Waals surface area contributed by atoms with Crippen LogP contribution >= 0.6 is 22.9 Å². The van der Waals surface area contributed by atoms with E-state index in [0.29, 0.717) is 9.21 Å². The fourth-order valence-electron chi connectivity index (χ4n) is 2.80. The molecule has 0 saturated heterocycles. The van der Waals surface area contributed by atoms with Crippen molar-refractivity contribution in [3.05, 3.63) is 21.3 Å². The van der Waals surface area contributed by atoms with E-state index in [1.165, 1.54) is 11.3 Å². The van der Waals surface area contributed by atoms with Gasteiger partial charge in [-0.1, -0.05) is 32.4 Å². The van der Waals surface area contributed by atoms with Crippen LogP contribution in [0.5, 0.6) is 0 Å². The van der Waals surface area contributed by atoms with Gasteiger partial charge < -0.3 is 10.1 Å². The molecule has 1 amide bonds. The van der Waals surface area contributed by atoms with Crippen LogP contribution in [-0.2, 0) is 14.3 Å². The van der Waals surface area contributed by atoms with Crippen LogP contribution < -0.4 is 5.32 Å². The third-order valence-electron chi connectivity index (χ3n) is 3.22.